The maximum Gasteiger partial charge on any atom is 0.172 e. The van der Waals surface area contributed by atoms with Crippen molar-refractivity contribution in [2.24, 2.45) is 0 Å². The van der Waals surface area contributed by atoms with E-state index in [1.165, 1.54) is 0 Å². The molecule has 1 aromatic heterocycles. The molecule has 0 aliphatic heterocycles. The van der Waals surface area contributed by atoms with E-state index in [0.29, 0.717) is 5.92 Å². The zero-order chi connectivity index (χ0) is 7.40. The number of aliphatic hydroxyl groups excluding tert-OH is 1. The van der Waals surface area contributed by atoms with E-state index in [1.54, 1.807) is 6.26 Å². The molecule has 0 fully saturated rings. The van der Waals surface area contributed by atoms with Crippen LogP contribution in [0, 0.1) is 6.26 Å². The highest BCUT2D eigenvalue weighted by molar-refractivity contribution is 5.09. The summed E-state index contributed by atoms with van der Waals surface area (Å²) >= 11 is 0. The van der Waals surface area contributed by atoms with Crippen molar-refractivity contribution >= 4 is 0 Å². The van der Waals surface area contributed by atoms with Crippen molar-refractivity contribution in [1.29, 1.82) is 0 Å². The molecule has 1 atom stereocenters. The lowest BCUT2D eigenvalue weighted by molar-refractivity contribution is 0.278. The second-order valence-electron chi connectivity index (χ2n) is 2.39. The highest BCUT2D eigenvalue weighted by atomic mass is 16.3. The molecule has 0 aromatic carbocycles. The number of furan rings is 1. The van der Waals surface area contributed by atoms with Crippen molar-refractivity contribution in [3.05, 3.63) is 24.2 Å². The second kappa shape index (κ2) is 3.42. The third-order valence-corrected chi connectivity index (χ3v) is 1.59. The Morgan fingerprint density at radius 3 is 3.10 bits per heavy atom. The zero-order valence-corrected chi connectivity index (χ0v) is 6.00. The van der Waals surface area contributed by atoms with E-state index >= 15 is 0 Å². The van der Waals surface area contributed by atoms with Gasteiger partial charge in [0.05, 0.1) is 6.26 Å². The summed E-state index contributed by atoms with van der Waals surface area (Å²) in [5.74, 6) is 0.351. The van der Waals surface area contributed by atoms with Gasteiger partial charge in [0, 0.05) is 12.2 Å². The standard InChI is InChI=1S/C8H11O2/c1-7(2-4-9)8-3-5-10-6-8/h3,5,7,9H,2,4H2,1H3/t7-/m1/s1. The van der Waals surface area contributed by atoms with Crippen molar-refractivity contribution in [2.75, 3.05) is 6.61 Å². The summed E-state index contributed by atoms with van der Waals surface area (Å²) < 4.78 is 4.78. The highest BCUT2D eigenvalue weighted by Gasteiger charge is 2.05. The van der Waals surface area contributed by atoms with Crippen LogP contribution < -0.4 is 0 Å². The molecule has 1 aromatic rings. The summed E-state index contributed by atoms with van der Waals surface area (Å²) in [5, 5.41) is 8.59. The van der Waals surface area contributed by atoms with Crippen LogP contribution in [0.1, 0.15) is 24.8 Å². The molecule has 0 bridgehead atoms. The molecule has 0 unspecified atom stereocenters. The molecule has 0 saturated heterocycles. The van der Waals surface area contributed by atoms with Gasteiger partial charge in [-0.3, -0.25) is 0 Å². The predicted octanol–water partition coefficient (Wildman–Crippen LogP) is 1.57. The fourth-order valence-electron chi connectivity index (χ4n) is 0.857. The monoisotopic (exact) mass is 139 g/mol. The molecule has 0 aliphatic carbocycles. The number of rotatable bonds is 3. The maximum atomic E-state index is 8.59. The first-order valence-electron chi connectivity index (χ1n) is 3.40. The molecule has 0 spiro atoms. The summed E-state index contributed by atoms with van der Waals surface area (Å²) in [6.07, 6.45) is 5.11. The van der Waals surface area contributed by atoms with E-state index in [9.17, 15) is 0 Å². The van der Waals surface area contributed by atoms with Crippen LogP contribution in [0.25, 0.3) is 0 Å². The minimum atomic E-state index is 0.222. The average Bonchev–Trinajstić information content (AvgIpc) is 2.38. The van der Waals surface area contributed by atoms with Crippen LogP contribution in [0.5, 0.6) is 0 Å². The van der Waals surface area contributed by atoms with Gasteiger partial charge >= 0.3 is 0 Å². The Labute approximate surface area is 60.5 Å². The molecule has 10 heavy (non-hydrogen) atoms. The highest BCUT2D eigenvalue weighted by Crippen LogP contribution is 2.17. The van der Waals surface area contributed by atoms with E-state index in [2.05, 4.69) is 6.26 Å². The Kier molecular flexibility index (Phi) is 2.51. The molecule has 0 amide bonds. The Morgan fingerprint density at radius 1 is 1.80 bits per heavy atom. The van der Waals surface area contributed by atoms with E-state index in [0.717, 1.165) is 12.0 Å². The van der Waals surface area contributed by atoms with Gasteiger partial charge < -0.3 is 9.52 Å². The lowest BCUT2D eigenvalue weighted by atomic mass is 10.0. The first-order valence-corrected chi connectivity index (χ1v) is 3.40. The average molecular weight is 139 g/mol. The predicted molar refractivity (Wildman–Crippen MR) is 37.7 cm³/mol. The largest absolute Gasteiger partial charge is 0.461 e. The van der Waals surface area contributed by atoms with Crippen LogP contribution in [0.15, 0.2) is 16.7 Å². The summed E-state index contributed by atoms with van der Waals surface area (Å²) in [6.45, 7) is 2.26. The second-order valence-corrected chi connectivity index (χ2v) is 2.39. The summed E-state index contributed by atoms with van der Waals surface area (Å²) in [6, 6.07) is 1.88. The lowest BCUT2D eigenvalue weighted by Gasteiger charge is -2.03. The van der Waals surface area contributed by atoms with E-state index < -0.39 is 0 Å². The van der Waals surface area contributed by atoms with Gasteiger partial charge in [0.1, 0.15) is 0 Å². The van der Waals surface area contributed by atoms with Crippen molar-refractivity contribution in [2.45, 2.75) is 19.3 Å². The molecule has 1 radical (unpaired) electrons. The van der Waals surface area contributed by atoms with Crippen molar-refractivity contribution in [3.8, 4) is 0 Å². The molecule has 1 heterocycles. The van der Waals surface area contributed by atoms with Crippen LogP contribution in [-0.2, 0) is 0 Å². The van der Waals surface area contributed by atoms with Gasteiger partial charge in [-0.2, -0.15) is 0 Å². The van der Waals surface area contributed by atoms with Crippen LogP contribution >= 0.6 is 0 Å². The van der Waals surface area contributed by atoms with Crippen molar-refractivity contribution in [3.63, 3.8) is 0 Å². The topological polar surface area (TPSA) is 33.4 Å². The van der Waals surface area contributed by atoms with Gasteiger partial charge in [0.15, 0.2) is 6.26 Å². The Balaban J connectivity index is 2.50. The van der Waals surface area contributed by atoms with E-state index in [1.807, 2.05) is 13.0 Å². The van der Waals surface area contributed by atoms with Gasteiger partial charge in [-0.15, -0.1) is 0 Å². The molecule has 2 heteroatoms. The van der Waals surface area contributed by atoms with Gasteiger partial charge in [-0.1, -0.05) is 6.92 Å². The number of hydrogen-bond acceptors (Lipinski definition) is 2. The first-order chi connectivity index (χ1) is 4.84. The maximum absolute atomic E-state index is 8.59. The number of aliphatic hydroxyl groups is 1. The normalized spacial score (nSPS) is 13.4. The summed E-state index contributed by atoms with van der Waals surface area (Å²) in [7, 11) is 0. The SMILES string of the molecule is C[C@H](CCO)c1[c]occ1. The molecule has 55 valence electrons. The molecule has 1 rings (SSSR count). The van der Waals surface area contributed by atoms with Crippen molar-refractivity contribution < 1.29 is 9.52 Å². The zero-order valence-electron chi connectivity index (χ0n) is 6.00. The molecule has 2 nitrogen and oxygen atoms in total. The Hall–Kier alpha value is -0.760. The van der Waals surface area contributed by atoms with Crippen LogP contribution in [0.4, 0.5) is 0 Å². The van der Waals surface area contributed by atoms with Crippen molar-refractivity contribution in [1.82, 2.24) is 0 Å². The lowest BCUT2D eigenvalue weighted by Crippen LogP contribution is -1.94. The summed E-state index contributed by atoms with van der Waals surface area (Å²) in [5.41, 5.74) is 1.04. The number of hydrogen-bond donors (Lipinski definition) is 1. The third-order valence-electron chi connectivity index (χ3n) is 1.59. The Bertz CT molecular complexity index is 167. The van der Waals surface area contributed by atoms with Gasteiger partial charge in [-0.05, 0) is 18.4 Å². The van der Waals surface area contributed by atoms with Gasteiger partial charge in [-0.25, -0.2) is 0 Å². The Morgan fingerprint density at radius 2 is 2.60 bits per heavy atom. The third kappa shape index (κ3) is 1.61. The fourth-order valence-corrected chi connectivity index (χ4v) is 0.857. The van der Waals surface area contributed by atoms with E-state index in [-0.39, 0.29) is 6.61 Å². The molecular weight excluding hydrogens is 128 g/mol. The molecule has 0 aliphatic rings. The molecular formula is C8H11O2. The summed E-state index contributed by atoms with van der Waals surface area (Å²) in [4.78, 5) is 0. The minimum Gasteiger partial charge on any atom is -0.461 e. The molecule has 1 N–H and O–H groups in total. The molecule has 0 saturated carbocycles. The van der Waals surface area contributed by atoms with Crippen LogP contribution in [0.3, 0.4) is 0 Å². The first kappa shape index (κ1) is 7.35. The smallest absolute Gasteiger partial charge is 0.172 e. The minimum absolute atomic E-state index is 0.222. The quantitative estimate of drug-likeness (QED) is 0.689. The van der Waals surface area contributed by atoms with Gasteiger partial charge in [0.2, 0.25) is 0 Å². The van der Waals surface area contributed by atoms with Gasteiger partial charge in [0.25, 0.3) is 0 Å². The van der Waals surface area contributed by atoms with Crippen LogP contribution in [-0.4, -0.2) is 11.7 Å². The van der Waals surface area contributed by atoms with E-state index in [4.69, 9.17) is 9.52 Å². The van der Waals surface area contributed by atoms with Crippen LogP contribution in [0.2, 0.25) is 0 Å². The fraction of sp³-hybridized carbons (Fsp3) is 0.500.